The van der Waals surface area contributed by atoms with E-state index in [0.29, 0.717) is 28.4 Å². The van der Waals surface area contributed by atoms with E-state index in [4.69, 9.17) is 9.47 Å². The Bertz CT molecular complexity index is 1550. The molecule has 0 saturated heterocycles. The molecule has 0 aliphatic carbocycles. The number of hydrogen-bond acceptors (Lipinski definition) is 6. The molecule has 0 radical (unpaired) electrons. The Morgan fingerprint density at radius 3 is 2.23 bits per heavy atom. The van der Waals surface area contributed by atoms with Crippen molar-refractivity contribution in [3.8, 4) is 11.5 Å². The number of aliphatic hydroxyl groups is 1. The number of nitrogens with zero attached hydrogens (tertiary/aromatic N) is 2. The van der Waals surface area contributed by atoms with Crippen LogP contribution in [0.15, 0.2) is 66.7 Å². The van der Waals surface area contributed by atoms with Crippen LogP contribution >= 0.6 is 0 Å². The number of amides is 5. The number of carbonyl (C=O) groups excluding carboxylic acids is 3. The van der Waals surface area contributed by atoms with E-state index < -0.39 is 29.9 Å². The van der Waals surface area contributed by atoms with Gasteiger partial charge in [-0.2, -0.15) is 13.2 Å². The fraction of sp³-hybridized carbons (Fsp3) is 0.364. The van der Waals surface area contributed by atoms with Crippen molar-refractivity contribution >= 4 is 35.0 Å². The Morgan fingerprint density at radius 2 is 1.62 bits per heavy atom. The summed E-state index contributed by atoms with van der Waals surface area (Å²) in [7, 11) is 3.18. The minimum Gasteiger partial charge on any atom is -0.497 e. The molecule has 1 aliphatic rings. The molecule has 0 saturated carbocycles. The van der Waals surface area contributed by atoms with E-state index in [0.717, 1.165) is 24.3 Å². The van der Waals surface area contributed by atoms with Crippen molar-refractivity contribution in [2.75, 3.05) is 49.8 Å². The zero-order valence-corrected chi connectivity index (χ0v) is 26.4. The highest BCUT2D eigenvalue weighted by atomic mass is 19.4. The third kappa shape index (κ3) is 9.28. The van der Waals surface area contributed by atoms with Crippen molar-refractivity contribution in [1.29, 1.82) is 0 Å². The molecule has 14 heteroatoms. The Hall–Kier alpha value is -4.98. The average molecular weight is 658 g/mol. The first kappa shape index (κ1) is 34.9. The molecule has 4 rings (SSSR count). The van der Waals surface area contributed by atoms with Crippen molar-refractivity contribution in [1.82, 2.24) is 9.80 Å². The van der Waals surface area contributed by atoms with Gasteiger partial charge < -0.3 is 40.3 Å². The van der Waals surface area contributed by atoms with Gasteiger partial charge in [0.25, 0.3) is 0 Å². The van der Waals surface area contributed by atoms with Crippen LogP contribution in [-0.4, -0.2) is 78.9 Å². The lowest BCUT2D eigenvalue weighted by atomic mass is 10.0. The third-order valence-electron chi connectivity index (χ3n) is 7.79. The van der Waals surface area contributed by atoms with Gasteiger partial charge in [-0.3, -0.25) is 4.79 Å². The van der Waals surface area contributed by atoms with E-state index in [1.54, 1.807) is 68.4 Å². The maximum absolute atomic E-state index is 13.5. The summed E-state index contributed by atoms with van der Waals surface area (Å²) >= 11 is 0. The number of benzene rings is 3. The van der Waals surface area contributed by atoms with Crippen LogP contribution in [0.4, 0.5) is 39.8 Å². The minimum atomic E-state index is -4.50. The highest BCUT2D eigenvalue weighted by Crippen LogP contribution is 2.31. The van der Waals surface area contributed by atoms with Gasteiger partial charge >= 0.3 is 18.2 Å². The van der Waals surface area contributed by atoms with Crippen LogP contribution in [0.5, 0.6) is 11.5 Å². The van der Waals surface area contributed by atoms with E-state index in [9.17, 15) is 32.7 Å². The number of ether oxygens (including phenoxy) is 2. The average Bonchev–Trinajstić information content (AvgIpc) is 3.08. The smallest absolute Gasteiger partial charge is 0.416 e. The predicted octanol–water partition coefficient (Wildman–Crippen LogP) is 5.67. The summed E-state index contributed by atoms with van der Waals surface area (Å²) in [4.78, 5) is 42.3. The van der Waals surface area contributed by atoms with E-state index in [1.165, 1.54) is 4.90 Å². The zero-order valence-electron chi connectivity index (χ0n) is 26.4. The molecule has 0 aromatic heterocycles. The number of alkyl halides is 3. The van der Waals surface area contributed by atoms with Crippen LogP contribution in [0.2, 0.25) is 0 Å². The summed E-state index contributed by atoms with van der Waals surface area (Å²) in [6.07, 6.45) is -5.16. The van der Waals surface area contributed by atoms with E-state index in [-0.39, 0.29) is 49.7 Å². The van der Waals surface area contributed by atoms with Gasteiger partial charge in [-0.25, -0.2) is 9.59 Å². The lowest BCUT2D eigenvalue weighted by Gasteiger charge is -2.34. The van der Waals surface area contributed by atoms with Gasteiger partial charge in [0.1, 0.15) is 17.6 Å². The third-order valence-corrected chi connectivity index (χ3v) is 7.79. The monoisotopic (exact) mass is 657 g/mol. The summed E-state index contributed by atoms with van der Waals surface area (Å²) in [6.45, 7) is 3.79. The number of aliphatic hydroxyl groups excluding tert-OH is 1. The molecule has 3 atom stereocenters. The summed E-state index contributed by atoms with van der Waals surface area (Å²) in [5.41, 5.74) is 0.662. The van der Waals surface area contributed by atoms with Gasteiger partial charge in [0, 0.05) is 42.1 Å². The Labute approximate surface area is 270 Å². The SMILES string of the molecule is COc1ccc(NC(=O)N(C)C[C@H]2Oc3ccc(NC(=O)Nc4ccc(C(F)(F)F)cc4)cc3CC(=O)N([C@@H](C)CO)C[C@H]2C)cc1. The van der Waals surface area contributed by atoms with Crippen LogP contribution in [0.25, 0.3) is 0 Å². The number of halogens is 3. The largest absolute Gasteiger partial charge is 0.497 e. The molecule has 3 aromatic carbocycles. The maximum Gasteiger partial charge on any atom is 0.416 e. The Kier molecular flexibility index (Phi) is 11.2. The highest BCUT2D eigenvalue weighted by Gasteiger charge is 2.32. The standard InChI is InChI=1S/C33H38F3N5O6/c1-20-17-41(21(2)19-42)30(43)16-22-15-26(38-31(44)37-24-7-5-23(6-8-24)33(34,35)36)11-14-28(22)47-29(20)18-40(3)32(45)39-25-9-12-27(46-4)13-10-25/h5-15,20-21,29,42H,16-19H2,1-4H3,(H,39,45)(H2,37,38,44)/t20-,21+,29-/m1/s1. The fourth-order valence-corrected chi connectivity index (χ4v) is 5.01. The first-order valence-electron chi connectivity index (χ1n) is 14.9. The second-order valence-electron chi connectivity index (χ2n) is 11.4. The van der Waals surface area contributed by atoms with Crippen molar-refractivity contribution in [3.63, 3.8) is 0 Å². The molecular weight excluding hydrogens is 619 g/mol. The number of rotatable bonds is 8. The topological polar surface area (TPSA) is 132 Å². The van der Waals surface area contributed by atoms with Gasteiger partial charge in [-0.05, 0) is 73.7 Å². The lowest BCUT2D eigenvalue weighted by Crippen LogP contribution is -2.48. The molecule has 252 valence electrons. The van der Waals surface area contributed by atoms with Crippen molar-refractivity contribution in [2.24, 2.45) is 5.92 Å². The Balaban J connectivity index is 1.52. The van der Waals surface area contributed by atoms with Gasteiger partial charge in [0.05, 0.1) is 38.3 Å². The molecule has 5 amide bonds. The first-order valence-corrected chi connectivity index (χ1v) is 14.9. The summed E-state index contributed by atoms with van der Waals surface area (Å²) in [5.74, 6) is 0.506. The number of anilines is 3. The molecule has 11 nitrogen and oxygen atoms in total. The number of likely N-dealkylation sites (N-methyl/N-ethyl adjacent to an activating group) is 1. The van der Waals surface area contributed by atoms with E-state index in [1.807, 2.05) is 6.92 Å². The molecule has 0 unspecified atom stereocenters. The maximum atomic E-state index is 13.5. The molecule has 1 aliphatic heterocycles. The summed E-state index contributed by atoms with van der Waals surface area (Å²) in [6, 6.07) is 14.1. The number of hydrogen-bond donors (Lipinski definition) is 4. The predicted molar refractivity (Wildman–Crippen MR) is 171 cm³/mol. The second-order valence-corrected chi connectivity index (χ2v) is 11.4. The van der Waals surface area contributed by atoms with Gasteiger partial charge in [-0.15, -0.1) is 0 Å². The van der Waals surface area contributed by atoms with Crippen molar-refractivity contribution in [2.45, 2.75) is 38.6 Å². The number of nitrogens with one attached hydrogen (secondary N) is 3. The minimum absolute atomic E-state index is 0.0943. The molecule has 47 heavy (non-hydrogen) atoms. The van der Waals surface area contributed by atoms with Gasteiger partial charge in [0.2, 0.25) is 5.91 Å². The van der Waals surface area contributed by atoms with Gasteiger partial charge in [-0.1, -0.05) is 6.92 Å². The quantitative estimate of drug-likeness (QED) is 0.247. The highest BCUT2D eigenvalue weighted by molar-refractivity contribution is 6.00. The van der Waals surface area contributed by atoms with E-state index in [2.05, 4.69) is 16.0 Å². The molecule has 3 aromatic rings. The molecular formula is C33H38F3N5O6. The van der Waals surface area contributed by atoms with Crippen LogP contribution < -0.4 is 25.4 Å². The lowest BCUT2D eigenvalue weighted by molar-refractivity contribution is -0.137. The summed E-state index contributed by atoms with van der Waals surface area (Å²) in [5, 5.41) is 17.8. The van der Waals surface area contributed by atoms with Crippen molar-refractivity contribution < 1.29 is 42.1 Å². The van der Waals surface area contributed by atoms with Gasteiger partial charge in [0.15, 0.2) is 0 Å². The molecule has 0 bridgehead atoms. The molecule has 4 N–H and O–H groups in total. The van der Waals surface area contributed by atoms with E-state index >= 15 is 0 Å². The van der Waals surface area contributed by atoms with Crippen molar-refractivity contribution in [3.05, 3.63) is 77.9 Å². The van der Waals surface area contributed by atoms with Crippen LogP contribution in [0, 0.1) is 5.92 Å². The molecule has 1 heterocycles. The van der Waals surface area contributed by atoms with Crippen LogP contribution in [0.3, 0.4) is 0 Å². The first-order chi connectivity index (χ1) is 22.3. The molecule has 0 spiro atoms. The zero-order chi connectivity index (χ0) is 34.3. The normalized spacial score (nSPS) is 17.2. The second kappa shape index (κ2) is 15.1. The number of urea groups is 2. The number of carbonyl (C=O) groups is 3. The number of methoxy groups -OCH3 is 1. The summed E-state index contributed by atoms with van der Waals surface area (Å²) < 4.78 is 50.2. The molecule has 0 fully saturated rings. The number of fused-ring (bicyclic) bond motifs is 1. The van der Waals surface area contributed by atoms with Crippen LogP contribution in [0.1, 0.15) is 25.0 Å². The fourth-order valence-electron chi connectivity index (χ4n) is 5.01. The Morgan fingerprint density at radius 1 is 1.02 bits per heavy atom. The van der Waals surface area contributed by atoms with Crippen LogP contribution in [-0.2, 0) is 17.4 Å².